The number of likely N-dealkylation sites (tertiary alicyclic amines) is 1. The van der Waals surface area contributed by atoms with Crippen LogP contribution in [-0.2, 0) is 19.1 Å². The molecule has 0 saturated carbocycles. The number of benzene rings is 1. The molecule has 3 aliphatic rings. The van der Waals surface area contributed by atoms with E-state index in [9.17, 15) is 19.2 Å². The number of carbonyl (C=O) groups excluding carboxylic acids is 4. The van der Waals surface area contributed by atoms with Crippen LogP contribution in [0.25, 0.3) is 11.6 Å². The molecule has 12 heteroatoms. The second-order valence-corrected chi connectivity index (χ2v) is 12.9. The number of aryl methyl sites for hydroxylation is 1. The Labute approximate surface area is 267 Å². The van der Waals surface area contributed by atoms with E-state index in [1.165, 1.54) is 32.3 Å². The van der Waals surface area contributed by atoms with Crippen LogP contribution < -0.4 is 15.4 Å². The number of nitrogens with one attached hydrogen (secondary N) is 3. The SMILES string of the molecule is CCCNC(=O)c1c(C)[nH]c(/C=C2\C(=O)Nc3ccc(OC(=O)C(C)OC(=O)/C=C4\SC(N5CCCCC5)CN4C)cc32)c1C. The van der Waals surface area contributed by atoms with Crippen LogP contribution in [0, 0.1) is 13.8 Å². The molecule has 0 spiro atoms. The normalized spacial score (nSPS) is 20.7. The lowest BCUT2D eigenvalue weighted by Crippen LogP contribution is -2.39. The minimum atomic E-state index is -1.14. The van der Waals surface area contributed by atoms with Gasteiger partial charge in [-0.25, -0.2) is 9.59 Å². The van der Waals surface area contributed by atoms with Gasteiger partial charge in [0.1, 0.15) is 5.75 Å². The quantitative estimate of drug-likeness (QED) is 0.208. The maximum atomic E-state index is 12.9. The van der Waals surface area contributed by atoms with Gasteiger partial charge in [0.15, 0.2) is 6.10 Å². The first-order valence-electron chi connectivity index (χ1n) is 15.5. The van der Waals surface area contributed by atoms with Crippen LogP contribution in [0.4, 0.5) is 5.69 Å². The fourth-order valence-electron chi connectivity index (χ4n) is 5.79. The van der Waals surface area contributed by atoms with E-state index in [1.54, 1.807) is 36.0 Å². The zero-order chi connectivity index (χ0) is 32.2. The number of piperidine rings is 1. The molecule has 2 amide bonds. The summed E-state index contributed by atoms with van der Waals surface area (Å²) >= 11 is 1.65. The van der Waals surface area contributed by atoms with Gasteiger partial charge in [-0.05, 0) is 83.0 Å². The van der Waals surface area contributed by atoms with E-state index in [4.69, 9.17) is 9.47 Å². The molecule has 2 aromatic rings. The predicted octanol–water partition coefficient (Wildman–Crippen LogP) is 4.43. The molecule has 3 N–H and O–H groups in total. The fourth-order valence-corrected chi connectivity index (χ4v) is 7.15. The number of aromatic amines is 1. The van der Waals surface area contributed by atoms with E-state index in [0.29, 0.717) is 45.7 Å². The minimum absolute atomic E-state index is 0.167. The number of thioether (sulfide) groups is 1. The van der Waals surface area contributed by atoms with E-state index in [0.717, 1.165) is 36.6 Å². The van der Waals surface area contributed by atoms with Gasteiger partial charge in [0.2, 0.25) is 0 Å². The van der Waals surface area contributed by atoms with Crippen LogP contribution in [0.1, 0.15) is 72.4 Å². The number of amides is 2. The van der Waals surface area contributed by atoms with Gasteiger partial charge in [0.05, 0.1) is 27.6 Å². The number of hydrogen-bond donors (Lipinski definition) is 3. The smallest absolute Gasteiger partial charge is 0.352 e. The van der Waals surface area contributed by atoms with Crippen molar-refractivity contribution in [1.82, 2.24) is 20.1 Å². The topological polar surface area (TPSA) is 133 Å². The number of carbonyl (C=O) groups is 4. The Balaban J connectivity index is 1.24. The summed E-state index contributed by atoms with van der Waals surface area (Å²) in [6.07, 6.45) is 6.46. The number of hydrogen-bond acceptors (Lipinski definition) is 9. The maximum Gasteiger partial charge on any atom is 0.352 e. The molecule has 2 unspecified atom stereocenters. The summed E-state index contributed by atoms with van der Waals surface area (Å²) in [5.74, 6) is -1.62. The molecular weight excluding hydrogens is 594 g/mol. The maximum absolute atomic E-state index is 12.9. The first-order chi connectivity index (χ1) is 21.5. The summed E-state index contributed by atoms with van der Waals surface area (Å²) in [6, 6.07) is 4.82. The summed E-state index contributed by atoms with van der Waals surface area (Å²) in [5.41, 5.74) is 4.10. The number of ether oxygens (including phenoxy) is 2. The zero-order valence-electron chi connectivity index (χ0n) is 26.5. The molecule has 2 saturated heterocycles. The monoisotopic (exact) mass is 635 g/mol. The molecule has 4 heterocycles. The van der Waals surface area contributed by atoms with Crippen molar-refractivity contribution in [2.75, 3.05) is 38.5 Å². The largest absolute Gasteiger partial charge is 0.447 e. The van der Waals surface area contributed by atoms with Gasteiger partial charge in [-0.2, -0.15) is 0 Å². The Hall–Kier alpha value is -4.03. The third kappa shape index (κ3) is 7.28. The Morgan fingerprint density at radius 1 is 1.18 bits per heavy atom. The van der Waals surface area contributed by atoms with Crippen molar-refractivity contribution in [3.8, 4) is 5.75 Å². The molecule has 2 atom stereocenters. The molecule has 1 aromatic carbocycles. The number of aromatic nitrogens is 1. The highest BCUT2D eigenvalue weighted by Crippen LogP contribution is 2.37. The van der Waals surface area contributed by atoms with Gasteiger partial charge in [-0.1, -0.05) is 25.1 Å². The number of rotatable bonds is 9. The van der Waals surface area contributed by atoms with Crippen molar-refractivity contribution in [2.45, 2.75) is 64.9 Å². The van der Waals surface area contributed by atoms with Gasteiger partial charge in [-0.3, -0.25) is 14.5 Å². The van der Waals surface area contributed by atoms with Crippen LogP contribution in [0.15, 0.2) is 29.3 Å². The number of nitrogens with zero attached hydrogens (tertiary/aromatic N) is 2. The standard InChI is InChI=1S/C33H41N5O6S/c1-6-12-34-32(41)30-19(2)26(35-20(30)3)16-24-23-15-22(10-11-25(23)36-31(24)40)44-33(42)21(4)43-29(39)17-27-37(5)18-28(45-27)38-13-8-7-9-14-38/h10-11,15-17,21,28,35H,6-9,12-14,18H2,1-5H3,(H,34,41)(H,36,40)/b24-16-,27-17-. The van der Waals surface area contributed by atoms with E-state index in [2.05, 4.69) is 20.5 Å². The lowest BCUT2D eigenvalue weighted by molar-refractivity contribution is -0.157. The van der Waals surface area contributed by atoms with Crippen LogP contribution in [0.2, 0.25) is 0 Å². The summed E-state index contributed by atoms with van der Waals surface area (Å²) in [7, 11) is 1.95. The van der Waals surface area contributed by atoms with E-state index in [1.807, 2.05) is 32.7 Å². The molecule has 3 aliphatic heterocycles. The Morgan fingerprint density at radius 3 is 2.67 bits per heavy atom. The number of fused-ring (bicyclic) bond motifs is 1. The van der Waals surface area contributed by atoms with Crippen LogP contribution in [-0.4, -0.2) is 83.2 Å². The van der Waals surface area contributed by atoms with Crippen LogP contribution in [0.5, 0.6) is 5.75 Å². The van der Waals surface area contributed by atoms with Gasteiger partial charge < -0.3 is 30.0 Å². The number of likely N-dealkylation sites (N-methyl/N-ethyl adjacent to an activating group) is 1. The molecule has 0 radical (unpaired) electrons. The number of anilines is 1. The van der Waals surface area contributed by atoms with E-state index >= 15 is 0 Å². The van der Waals surface area contributed by atoms with Crippen molar-refractivity contribution in [2.24, 2.45) is 0 Å². The van der Waals surface area contributed by atoms with E-state index < -0.39 is 18.0 Å². The lowest BCUT2D eigenvalue weighted by Gasteiger charge is -2.30. The molecule has 2 fully saturated rings. The Kier molecular flexibility index (Phi) is 10.0. The van der Waals surface area contributed by atoms with Crippen molar-refractivity contribution in [3.05, 3.63) is 57.4 Å². The van der Waals surface area contributed by atoms with Crippen molar-refractivity contribution in [3.63, 3.8) is 0 Å². The molecule has 11 nitrogen and oxygen atoms in total. The third-order valence-corrected chi connectivity index (χ3v) is 9.64. The fraction of sp³-hybridized carbons (Fsp3) is 0.455. The van der Waals surface area contributed by atoms with E-state index in [-0.39, 0.29) is 17.6 Å². The number of esters is 2. The molecule has 0 aliphatic carbocycles. The molecular formula is C33H41N5O6S. The van der Waals surface area contributed by atoms with Gasteiger partial charge in [0.25, 0.3) is 11.8 Å². The average molecular weight is 636 g/mol. The second kappa shape index (κ2) is 13.9. The summed E-state index contributed by atoms with van der Waals surface area (Å²) in [4.78, 5) is 58.9. The minimum Gasteiger partial charge on any atom is -0.447 e. The third-order valence-electron chi connectivity index (χ3n) is 8.25. The Morgan fingerprint density at radius 2 is 1.93 bits per heavy atom. The van der Waals surface area contributed by atoms with Crippen LogP contribution >= 0.6 is 11.8 Å². The number of H-pyrrole nitrogens is 1. The predicted molar refractivity (Wildman–Crippen MR) is 175 cm³/mol. The van der Waals surface area contributed by atoms with Crippen molar-refractivity contribution in [1.29, 1.82) is 0 Å². The first kappa shape index (κ1) is 32.4. The second-order valence-electron chi connectivity index (χ2n) is 11.7. The van der Waals surface area contributed by atoms with Gasteiger partial charge in [-0.15, -0.1) is 0 Å². The molecule has 5 rings (SSSR count). The lowest BCUT2D eigenvalue weighted by atomic mass is 10.0. The van der Waals surface area contributed by atoms with Crippen LogP contribution in [0.3, 0.4) is 0 Å². The Bertz CT molecular complexity index is 1560. The zero-order valence-corrected chi connectivity index (χ0v) is 27.3. The van der Waals surface area contributed by atoms with Crippen molar-refractivity contribution < 1.29 is 28.7 Å². The first-order valence-corrected chi connectivity index (χ1v) is 16.3. The van der Waals surface area contributed by atoms with Gasteiger partial charge >= 0.3 is 11.9 Å². The highest BCUT2D eigenvalue weighted by Gasteiger charge is 2.32. The average Bonchev–Trinajstić information content (AvgIpc) is 3.63. The van der Waals surface area contributed by atoms with Gasteiger partial charge in [0, 0.05) is 42.8 Å². The molecule has 240 valence electrons. The summed E-state index contributed by atoms with van der Waals surface area (Å²) < 4.78 is 11.0. The summed E-state index contributed by atoms with van der Waals surface area (Å²) in [6.45, 7) is 10.6. The molecule has 45 heavy (non-hydrogen) atoms. The highest BCUT2D eigenvalue weighted by atomic mass is 32.2. The summed E-state index contributed by atoms with van der Waals surface area (Å²) in [5, 5.41) is 6.83. The van der Waals surface area contributed by atoms with Crippen molar-refractivity contribution >= 4 is 52.9 Å². The highest BCUT2D eigenvalue weighted by molar-refractivity contribution is 8.03. The molecule has 1 aromatic heterocycles. The molecule has 0 bridgehead atoms.